The molecule has 0 aliphatic rings. The van der Waals surface area contributed by atoms with Gasteiger partial charge in [-0.05, 0) is 26.2 Å². The van der Waals surface area contributed by atoms with Crippen molar-refractivity contribution in [2.45, 2.75) is 64.7 Å². The molecule has 0 aliphatic carbocycles. The number of aliphatic carboxylic acids is 1. The van der Waals surface area contributed by atoms with Gasteiger partial charge in [0, 0.05) is 17.5 Å². The van der Waals surface area contributed by atoms with Crippen molar-refractivity contribution < 1.29 is 41.6 Å². The molecule has 0 aromatic heterocycles. The number of benzene rings is 1. The number of carboxylic acid groups (broad SMARTS) is 1. The highest BCUT2D eigenvalue weighted by molar-refractivity contribution is 7.81. The summed E-state index contributed by atoms with van der Waals surface area (Å²) in [5.41, 5.74) is 0.732. The summed E-state index contributed by atoms with van der Waals surface area (Å²) in [6.07, 6.45) is 6.70. The normalized spacial score (nSPS) is 11.3. The largest absolute Gasteiger partial charge is 0.716 e. The van der Waals surface area contributed by atoms with Gasteiger partial charge in [0.25, 0.3) is 10.4 Å². The second kappa shape index (κ2) is 11.7. The molecule has 0 fully saturated rings. The number of hydrogen-bond donors (Lipinski definition) is 2. The van der Waals surface area contributed by atoms with E-state index in [-0.39, 0.29) is 29.4 Å². The van der Waals surface area contributed by atoms with Crippen molar-refractivity contribution in [2.24, 2.45) is 0 Å². The topological polar surface area (TPSA) is 142 Å². The number of rotatable bonds is 14. The predicted octanol–water partition coefficient (Wildman–Crippen LogP) is 3.30. The molecule has 0 saturated heterocycles. The Morgan fingerprint density at radius 2 is 1.45 bits per heavy atom. The van der Waals surface area contributed by atoms with Gasteiger partial charge in [0.1, 0.15) is 0 Å². The van der Waals surface area contributed by atoms with Crippen LogP contribution >= 0.6 is 0 Å². The van der Waals surface area contributed by atoms with Crippen LogP contribution in [0.3, 0.4) is 0 Å². The number of unbranched alkanes of at least 4 members (excludes halogenated alkanes) is 6. The first-order chi connectivity index (χ1) is 13.6. The quantitative estimate of drug-likeness (QED) is 0.256. The highest BCUT2D eigenvalue weighted by Crippen LogP contribution is 2.49. The molecule has 2 N–H and O–H groups in total. The molecule has 0 amide bonds. The summed E-state index contributed by atoms with van der Waals surface area (Å²) in [5.74, 6) is -1.49. The lowest BCUT2D eigenvalue weighted by molar-refractivity contribution is -0.137. The third-order valence-electron chi connectivity index (χ3n) is 4.62. The number of hydrogen-bond acceptors (Lipinski definition) is 8. The van der Waals surface area contributed by atoms with Crippen LogP contribution in [0.25, 0.3) is 0 Å². The lowest BCUT2D eigenvalue weighted by atomic mass is 9.98. The second-order valence-corrected chi connectivity index (χ2v) is 7.69. The van der Waals surface area contributed by atoms with Crippen molar-refractivity contribution in [1.29, 1.82) is 0 Å². The van der Waals surface area contributed by atoms with Gasteiger partial charge in [-0.2, -0.15) is 0 Å². The van der Waals surface area contributed by atoms with Gasteiger partial charge in [-0.25, -0.2) is 8.42 Å². The SMILES string of the molecule is COc1c(O)c(CCCCCCCCCC(=O)O)c(C)c(OS(=O)(=O)[O-])c1OC. The number of ether oxygens (including phenoxy) is 2. The van der Waals surface area contributed by atoms with Crippen LogP contribution in [-0.2, 0) is 21.6 Å². The Bertz CT molecular complexity index is 788. The summed E-state index contributed by atoms with van der Waals surface area (Å²) >= 11 is 0. The van der Waals surface area contributed by atoms with Crippen LogP contribution in [0.2, 0.25) is 0 Å². The Labute approximate surface area is 171 Å². The molecule has 0 bridgehead atoms. The summed E-state index contributed by atoms with van der Waals surface area (Å²) < 4.78 is 48.0. The average Bonchev–Trinajstić information content (AvgIpc) is 2.63. The van der Waals surface area contributed by atoms with Gasteiger partial charge in [0.05, 0.1) is 14.2 Å². The van der Waals surface area contributed by atoms with E-state index in [1.165, 1.54) is 14.2 Å². The smallest absolute Gasteiger partial charge is 0.303 e. The van der Waals surface area contributed by atoms with Crippen LogP contribution < -0.4 is 13.7 Å². The number of aromatic hydroxyl groups is 1. The lowest BCUT2D eigenvalue weighted by Crippen LogP contribution is -2.11. The highest BCUT2D eigenvalue weighted by Gasteiger charge is 2.25. The average molecular weight is 433 g/mol. The highest BCUT2D eigenvalue weighted by atomic mass is 32.3. The van der Waals surface area contributed by atoms with E-state index in [1.807, 2.05) is 0 Å². The predicted molar refractivity (Wildman–Crippen MR) is 105 cm³/mol. The minimum Gasteiger partial charge on any atom is -0.716 e. The van der Waals surface area contributed by atoms with E-state index in [1.54, 1.807) is 6.92 Å². The fourth-order valence-corrected chi connectivity index (χ4v) is 3.58. The number of carbonyl (C=O) groups is 1. The van der Waals surface area contributed by atoms with Gasteiger partial charge in [-0.15, -0.1) is 0 Å². The molecule has 0 saturated carbocycles. The van der Waals surface area contributed by atoms with E-state index in [2.05, 4.69) is 4.18 Å². The van der Waals surface area contributed by atoms with Crippen LogP contribution in [0.15, 0.2) is 0 Å². The summed E-state index contributed by atoms with van der Waals surface area (Å²) in [5, 5.41) is 19.1. The van der Waals surface area contributed by atoms with Gasteiger partial charge in [-0.1, -0.05) is 32.1 Å². The molecule has 9 nitrogen and oxygen atoms in total. The van der Waals surface area contributed by atoms with Gasteiger partial charge in [-0.3, -0.25) is 4.79 Å². The molecular weight excluding hydrogens is 404 g/mol. The zero-order valence-corrected chi connectivity index (χ0v) is 17.8. The summed E-state index contributed by atoms with van der Waals surface area (Å²) in [6, 6.07) is 0. The Balaban J connectivity index is 2.76. The first-order valence-electron chi connectivity index (χ1n) is 9.45. The third-order valence-corrected chi connectivity index (χ3v) is 4.99. The van der Waals surface area contributed by atoms with E-state index < -0.39 is 16.4 Å². The molecule has 1 aromatic carbocycles. The molecule has 0 radical (unpaired) electrons. The molecule has 0 spiro atoms. The van der Waals surface area contributed by atoms with Crippen molar-refractivity contribution in [1.82, 2.24) is 0 Å². The second-order valence-electron chi connectivity index (χ2n) is 6.71. The lowest BCUT2D eigenvalue weighted by Gasteiger charge is -2.21. The third kappa shape index (κ3) is 7.98. The van der Waals surface area contributed by atoms with Gasteiger partial charge < -0.3 is 28.4 Å². The molecule has 166 valence electrons. The molecule has 0 heterocycles. The molecule has 1 aromatic rings. The molecule has 0 atom stereocenters. The van der Waals surface area contributed by atoms with Crippen molar-refractivity contribution in [3.8, 4) is 23.0 Å². The maximum atomic E-state index is 11.1. The fraction of sp³-hybridized carbons (Fsp3) is 0.632. The van der Waals surface area contributed by atoms with Crippen molar-refractivity contribution in [3.05, 3.63) is 11.1 Å². The minimum atomic E-state index is -5.04. The van der Waals surface area contributed by atoms with E-state index in [0.717, 1.165) is 38.5 Å². The maximum Gasteiger partial charge on any atom is 0.303 e. The fourth-order valence-electron chi connectivity index (χ4n) is 3.18. The Morgan fingerprint density at radius 1 is 0.931 bits per heavy atom. The Morgan fingerprint density at radius 3 is 1.93 bits per heavy atom. The Hall–Kier alpha value is -2.20. The van der Waals surface area contributed by atoms with Gasteiger partial charge in [0.15, 0.2) is 11.5 Å². The molecule has 29 heavy (non-hydrogen) atoms. The molecule has 10 heteroatoms. The van der Waals surface area contributed by atoms with E-state index in [4.69, 9.17) is 14.6 Å². The van der Waals surface area contributed by atoms with Crippen molar-refractivity contribution in [2.75, 3.05) is 14.2 Å². The number of carboxylic acids is 1. The first kappa shape index (κ1) is 24.8. The van der Waals surface area contributed by atoms with Crippen LogP contribution in [0.5, 0.6) is 23.0 Å². The molecule has 0 aliphatic heterocycles. The molecule has 1 rings (SSSR count). The Kier molecular flexibility index (Phi) is 10.0. The zero-order valence-electron chi connectivity index (χ0n) is 17.0. The monoisotopic (exact) mass is 433 g/mol. The van der Waals surface area contributed by atoms with Crippen LogP contribution in [0.4, 0.5) is 0 Å². The van der Waals surface area contributed by atoms with Gasteiger partial charge in [0.2, 0.25) is 11.5 Å². The standard InChI is InChI=1S/C19H30O9S/c1-13-14(11-9-7-5-4-6-8-10-12-15(20)21)16(22)18(26-2)19(27-3)17(13)28-29(23,24)25/h22H,4-12H2,1-3H3,(H,20,21)(H,23,24,25)/p-1. The summed E-state index contributed by atoms with van der Waals surface area (Å²) in [6.45, 7) is 1.54. The number of phenolic OH excluding ortho intramolecular Hbond substituents is 1. The summed E-state index contributed by atoms with van der Waals surface area (Å²) in [4.78, 5) is 10.5. The van der Waals surface area contributed by atoms with E-state index in [0.29, 0.717) is 24.0 Å². The maximum absolute atomic E-state index is 11.1. The van der Waals surface area contributed by atoms with Crippen molar-refractivity contribution >= 4 is 16.4 Å². The van der Waals surface area contributed by atoms with E-state index in [9.17, 15) is 22.9 Å². The summed E-state index contributed by atoms with van der Waals surface area (Å²) in [7, 11) is -2.50. The van der Waals surface area contributed by atoms with Crippen molar-refractivity contribution in [3.63, 3.8) is 0 Å². The molecule has 0 unspecified atom stereocenters. The van der Waals surface area contributed by atoms with Gasteiger partial charge >= 0.3 is 5.97 Å². The number of phenols is 1. The van der Waals surface area contributed by atoms with Crippen LogP contribution in [0, 0.1) is 6.92 Å². The van der Waals surface area contributed by atoms with E-state index >= 15 is 0 Å². The van der Waals surface area contributed by atoms with Crippen LogP contribution in [0.1, 0.15) is 62.5 Å². The minimum absolute atomic E-state index is 0.0924. The number of methoxy groups -OCH3 is 2. The zero-order chi connectivity index (χ0) is 22.0. The van der Waals surface area contributed by atoms with Crippen LogP contribution in [-0.4, -0.2) is 43.4 Å². The first-order valence-corrected chi connectivity index (χ1v) is 10.8. The molecular formula is C19H29O9S-.